The molecule has 1 aromatic carbocycles. The van der Waals surface area contributed by atoms with Gasteiger partial charge in [0.15, 0.2) is 0 Å². The van der Waals surface area contributed by atoms with E-state index in [2.05, 4.69) is 0 Å². The van der Waals surface area contributed by atoms with Gasteiger partial charge in [0, 0.05) is 5.41 Å². The first-order valence-electron chi connectivity index (χ1n) is 5.83. The number of hydrogen-bond donors (Lipinski definition) is 1. The van der Waals surface area contributed by atoms with E-state index in [9.17, 15) is 18.0 Å². The van der Waals surface area contributed by atoms with E-state index in [0.29, 0.717) is 0 Å². The number of aliphatic carboxylic acids is 1. The molecular weight excluding hydrogens is 261 g/mol. The van der Waals surface area contributed by atoms with Gasteiger partial charge in [0.25, 0.3) is 0 Å². The van der Waals surface area contributed by atoms with E-state index < -0.39 is 23.1 Å². The number of rotatable bonds is 5. The number of alkyl halides is 3. The highest BCUT2D eigenvalue weighted by atomic mass is 19.4. The molecule has 0 aliphatic heterocycles. The van der Waals surface area contributed by atoms with Crippen molar-refractivity contribution in [3.63, 3.8) is 0 Å². The van der Waals surface area contributed by atoms with Gasteiger partial charge in [0.2, 0.25) is 0 Å². The van der Waals surface area contributed by atoms with Crippen molar-refractivity contribution >= 4 is 5.97 Å². The molecule has 0 atom stereocenters. The Balaban J connectivity index is 1.99. The summed E-state index contributed by atoms with van der Waals surface area (Å²) in [6.45, 7) is 0.139. The van der Waals surface area contributed by atoms with Gasteiger partial charge in [-0.05, 0) is 31.0 Å². The minimum atomic E-state index is -4.41. The smallest absolute Gasteiger partial charge is 0.416 e. The molecule has 6 heteroatoms. The Kier molecular flexibility index (Phi) is 3.43. The molecule has 1 aromatic rings. The fourth-order valence-electron chi connectivity index (χ4n) is 1.87. The van der Waals surface area contributed by atoms with Crippen molar-refractivity contribution < 1.29 is 27.8 Å². The first-order valence-corrected chi connectivity index (χ1v) is 5.83. The summed E-state index contributed by atoms with van der Waals surface area (Å²) in [6, 6.07) is 4.61. The summed E-state index contributed by atoms with van der Waals surface area (Å²) in [4.78, 5) is 10.6. The molecule has 0 amide bonds. The topological polar surface area (TPSA) is 46.5 Å². The van der Waals surface area contributed by atoms with Crippen LogP contribution in [0.25, 0.3) is 0 Å². The molecule has 0 unspecified atom stereocenters. The van der Waals surface area contributed by atoms with Crippen LogP contribution >= 0.6 is 0 Å². The molecule has 1 N–H and O–H groups in total. The highest BCUT2D eigenvalue weighted by Crippen LogP contribution is 2.49. The number of carbonyl (C=O) groups is 1. The minimum Gasteiger partial charge on any atom is -0.493 e. The van der Waals surface area contributed by atoms with Crippen LogP contribution in [-0.2, 0) is 11.0 Å². The average Bonchev–Trinajstić information content (AvgIpc) is 3.05. The zero-order chi connectivity index (χ0) is 14.1. The quantitative estimate of drug-likeness (QED) is 0.895. The highest BCUT2D eigenvalue weighted by Gasteiger charge is 2.45. The summed E-state index contributed by atoms with van der Waals surface area (Å²) in [7, 11) is 0. The van der Waals surface area contributed by atoms with Crippen molar-refractivity contribution in [1.82, 2.24) is 0 Å². The van der Waals surface area contributed by atoms with Gasteiger partial charge in [0.1, 0.15) is 5.75 Å². The van der Waals surface area contributed by atoms with Gasteiger partial charge in [-0.2, -0.15) is 13.2 Å². The van der Waals surface area contributed by atoms with Crippen LogP contribution in [0.1, 0.15) is 24.8 Å². The SMILES string of the molecule is O=C(O)CC1(COc2cccc(C(F)(F)F)c2)CC1. The minimum absolute atomic E-state index is 0.00797. The number of hydrogen-bond acceptors (Lipinski definition) is 2. The molecular formula is C13H13F3O3. The monoisotopic (exact) mass is 274 g/mol. The van der Waals surface area contributed by atoms with Crippen molar-refractivity contribution in [2.24, 2.45) is 5.41 Å². The van der Waals surface area contributed by atoms with E-state index in [1.165, 1.54) is 12.1 Å². The lowest BCUT2D eigenvalue weighted by Crippen LogP contribution is -2.17. The Morgan fingerprint density at radius 2 is 2.05 bits per heavy atom. The maximum absolute atomic E-state index is 12.5. The van der Waals surface area contributed by atoms with Crippen LogP contribution in [0.5, 0.6) is 5.75 Å². The summed E-state index contributed by atoms with van der Waals surface area (Å²) < 4.78 is 42.8. The Labute approximate surface area is 108 Å². The standard InChI is InChI=1S/C13H13F3O3/c14-13(15,16)9-2-1-3-10(6-9)19-8-12(4-5-12)7-11(17)18/h1-3,6H,4-5,7-8H2,(H,17,18). The van der Waals surface area contributed by atoms with Gasteiger partial charge in [-0.3, -0.25) is 4.79 Å². The number of benzene rings is 1. The number of halogens is 3. The lowest BCUT2D eigenvalue weighted by Gasteiger charge is -2.15. The van der Waals surface area contributed by atoms with Crippen LogP contribution < -0.4 is 4.74 Å². The van der Waals surface area contributed by atoms with Crippen LogP contribution in [-0.4, -0.2) is 17.7 Å². The average molecular weight is 274 g/mol. The molecule has 1 aliphatic carbocycles. The molecule has 1 fully saturated rings. The normalized spacial score (nSPS) is 17.0. The maximum Gasteiger partial charge on any atom is 0.416 e. The second-order valence-corrected chi connectivity index (χ2v) is 4.88. The fourth-order valence-corrected chi connectivity index (χ4v) is 1.87. The van der Waals surface area contributed by atoms with Crippen molar-refractivity contribution in [1.29, 1.82) is 0 Å². The Morgan fingerprint density at radius 3 is 2.58 bits per heavy atom. The van der Waals surface area contributed by atoms with Crippen molar-refractivity contribution in [2.75, 3.05) is 6.61 Å². The first kappa shape index (κ1) is 13.7. The van der Waals surface area contributed by atoms with Gasteiger partial charge in [-0.1, -0.05) is 6.07 Å². The predicted octanol–water partition coefficient (Wildman–Crippen LogP) is 3.34. The number of carboxylic acid groups (broad SMARTS) is 1. The Bertz CT molecular complexity index is 478. The third-order valence-corrected chi connectivity index (χ3v) is 3.19. The lowest BCUT2D eigenvalue weighted by molar-refractivity contribution is -0.139. The van der Waals surface area contributed by atoms with Crippen LogP contribution in [0, 0.1) is 5.41 Å². The van der Waals surface area contributed by atoms with Crippen molar-refractivity contribution in [3.8, 4) is 5.75 Å². The zero-order valence-electron chi connectivity index (χ0n) is 10.0. The van der Waals surface area contributed by atoms with E-state index in [-0.39, 0.29) is 18.8 Å². The molecule has 0 aromatic heterocycles. The van der Waals surface area contributed by atoms with E-state index in [0.717, 1.165) is 25.0 Å². The van der Waals surface area contributed by atoms with E-state index in [1.54, 1.807) is 0 Å². The summed E-state index contributed by atoms with van der Waals surface area (Å²) in [5, 5.41) is 8.73. The van der Waals surface area contributed by atoms with E-state index >= 15 is 0 Å². The van der Waals surface area contributed by atoms with Crippen LogP contribution in [0.15, 0.2) is 24.3 Å². The van der Waals surface area contributed by atoms with Gasteiger partial charge in [-0.15, -0.1) is 0 Å². The molecule has 0 heterocycles. The molecule has 3 nitrogen and oxygen atoms in total. The molecule has 19 heavy (non-hydrogen) atoms. The highest BCUT2D eigenvalue weighted by molar-refractivity contribution is 5.68. The summed E-state index contributed by atoms with van der Waals surface area (Å²) >= 11 is 0. The van der Waals surface area contributed by atoms with Crippen LogP contribution in [0.4, 0.5) is 13.2 Å². The second kappa shape index (κ2) is 4.75. The van der Waals surface area contributed by atoms with Crippen LogP contribution in [0.3, 0.4) is 0 Å². The van der Waals surface area contributed by atoms with E-state index in [1.807, 2.05) is 0 Å². The zero-order valence-corrected chi connectivity index (χ0v) is 10.0. The Hall–Kier alpha value is -1.72. The summed E-state index contributed by atoms with van der Waals surface area (Å²) in [5.41, 5.74) is -1.17. The lowest BCUT2D eigenvalue weighted by atomic mass is 10.0. The van der Waals surface area contributed by atoms with Gasteiger partial charge < -0.3 is 9.84 Å². The van der Waals surface area contributed by atoms with Gasteiger partial charge >= 0.3 is 12.1 Å². The fraction of sp³-hybridized carbons (Fsp3) is 0.462. The Morgan fingerprint density at radius 1 is 1.37 bits per heavy atom. The van der Waals surface area contributed by atoms with E-state index in [4.69, 9.17) is 9.84 Å². The largest absolute Gasteiger partial charge is 0.493 e. The molecule has 2 rings (SSSR count). The number of ether oxygens (including phenoxy) is 1. The van der Waals surface area contributed by atoms with Crippen LogP contribution in [0.2, 0.25) is 0 Å². The molecule has 0 spiro atoms. The maximum atomic E-state index is 12.5. The molecule has 0 bridgehead atoms. The summed E-state index contributed by atoms with van der Waals surface area (Å²) in [5.74, 6) is -0.795. The summed E-state index contributed by atoms with van der Waals surface area (Å²) in [6.07, 6.45) is -2.94. The van der Waals surface area contributed by atoms with Gasteiger partial charge in [0.05, 0.1) is 18.6 Å². The van der Waals surface area contributed by atoms with Gasteiger partial charge in [-0.25, -0.2) is 0 Å². The molecule has 1 saturated carbocycles. The molecule has 1 aliphatic rings. The predicted molar refractivity (Wildman–Crippen MR) is 60.9 cm³/mol. The third-order valence-electron chi connectivity index (χ3n) is 3.19. The van der Waals surface area contributed by atoms with Crippen molar-refractivity contribution in [2.45, 2.75) is 25.4 Å². The second-order valence-electron chi connectivity index (χ2n) is 4.88. The number of carboxylic acids is 1. The third kappa shape index (κ3) is 3.62. The molecule has 0 saturated heterocycles. The molecule has 0 radical (unpaired) electrons. The first-order chi connectivity index (χ1) is 8.81. The van der Waals surface area contributed by atoms with Crippen molar-refractivity contribution in [3.05, 3.63) is 29.8 Å². The molecule has 104 valence electrons.